The van der Waals surface area contributed by atoms with E-state index in [1.165, 1.54) is 24.3 Å². The Labute approximate surface area is 99.1 Å². The first kappa shape index (κ1) is 11.4. The predicted octanol–water partition coefficient (Wildman–Crippen LogP) is 2.39. The van der Waals surface area contributed by atoms with Gasteiger partial charge in [-0.25, -0.2) is 0 Å². The van der Waals surface area contributed by atoms with Crippen LogP contribution in [-0.2, 0) is 0 Å². The zero-order valence-electron chi connectivity index (χ0n) is 9.19. The lowest BCUT2D eigenvalue weighted by Crippen LogP contribution is -2.34. The van der Waals surface area contributed by atoms with Gasteiger partial charge in [-0.2, -0.15) is 11.8 Å². The second kappa shape index (κ2) is 5.27. The summed E-state index contributed by atoms with van der Waals surface area (Å²) in [5.41, 5.74) is 0. The number of nitrogens with zero attached hydrogens (tertiary/aromatic N) is 2. The molecule has 1 aliphatic rings. The molecule has 0 aromatic carbocycles. The topological polar surface area (TPSA) is 37.8 Å². The Bertz CT molecular complexity index is 307. The van der Waals surface area contributed by atoms with Crippen LogP contribution in [-0.4, -0.2) is 27.7 Å². The van der Waals surface area contributed by atoms with Crippen molar-refractivity contribution in [1.29, 1.82) is 0 Å². The third-order valence-corrected chi connectivity index (χ3v) is 4.69. The van der Waals surface area contributed by atoms with Crippen LogP contribution in [0.25, 0.3) is 0 Å². The molecule has 3 nitrogen and oxygen atoms in total. The Hall–Kier alpha value is -0.130. The van der Waals surface area contributed by atoms with Crippen molar-refractivity contribution in [2.75, 3.05) is 11.5 Å². The molecule has 1 unspecified atom stereocenters. The maximum Gasteiger partial charge on any atom is 0.134 e. The zero-order chi connectivity index (χ0) is 10.7. The Morgan fingerprint density at radius 3 is 2.67 bits per heavy atom. The summed E-state index contributed by atoms with van der Waals surface area (Å²) in [6, 6.07) is 1.02. The Kier molecular flexibility index (Phi) is 3.99. The minimum Gasteiger partial charge on any atom is -0.305 e. The molecular weight excluding hydrogens is 226 g/mol. The summed E-state index contributed by atoms with van der Waals surface area (Å²) < 4.78 is 0. The van der Waals surface area contributed by atoms with Gasteiger partial charge in [0.05, 0.1) is 6.04 Å². The lowest BCUT2D eigenvalue weighted by atomic mass is 10.1. The molecule has 1 aliphatic heterocycles. The lowest BCUT2D eigenvalue weighted by Gasteiger charge is -2.25. The van der Waals surface area contributed by atoms with Crippen LogP contribution in [0.2, 0.25) is 0 Å². The van der Waals surface area contributed by atoms with Crippen LogP contribution in [0.1, 0.15) is 35.8 Å². The summed E-state index contributed by atoms with van der Waals surface area (Å²) in [5, 5.41) is 14.1. The number of hydrogen-bond acceptors (Lipinski definition) is 5. The highest BCUT2D eigenvalue weighted by Gasteiger charge is 2.18. The highest BCUT2D eigenvalue weighted by atomic mass is 32.2. The number of rotatable bonds is 3. The molecule has 0 aliphatic carbocycles. The minimum atomic E-state index is 0.351. The SMILES string of the molecule is Cc1nnc(C(C)NC2CCSCC2)s1. The number of hydrogen-bond donors (Lipinski definition) is 1. The average molecular weight is 243 g/mol. The van der Waals surface area contributed by atoms with E-state index in [2.05, 4.69) is 34.2 Å². The number of aryl methyl sites for hydroxylation is 1. The molecule has 2 rings (SSSR count). The maximum absolute atomic E-state index is 4.18. The average Bonchev–Trinajstić information content (AvgIpc) is 2.66. The van der Waals surface area contributed by atoms with Gasteiger partial charge in [-0.15, -0.1) is 21.5 Å². The normalized spacial score (nSPS) is 20.4. The lowest BCUT2D eigenvalue weighted by molar-refractivity contribution is 0.429. The van der Waals surface area contributed by atoms with E-state index >= 15 is 0 Å². The van der Waals surface area contributed by atoms with E-state index in [1.54, 1.807) is 11.3 Å². The summed E-state index contributed by atoms with van der Waals surface area (Å²) >= 11 is 3.75. The van der Waals surface area contributed by atoms with Crippen LogP contribution in [0, 0.1) is 6.92 Å². The first-order chi connectivity index (χ1) is 7.25. The van der Waals surface area contributed by atoms with Gasteiger partial charge in [0.2, 0.25) is 0 Å². The third kappa shape index (κ3) is 3.16. The van der Waals surface area contributed by atoms with Gasteiger partial charge in [0.25, 0.3) is 0 Å². The van der Waals surface area contributed by atoms with Crippen molar-refractivity contribution < 1.29 is 0 Å². The summed E-state index contributed by atoms with van der Waals surface area (Å²) in [5.74, 6) is 2.58. The molecule has 15 heavy (non-hydrogen) atoms. The molecule has 0 bridgehead atoms. The van der Waals surface area contributed by atoms with E-state index in [0.29, 0.717) is 12.1 Å². The van der Waals surface area contributed by atoms with Crippen molar-refractivity contribution >= 4 is 23.1 Å². The van der Waals surface area contributed by atoms with E-state index in [1.807, 2.05) is 6.92 Å². The van der Waals surface area contributed by atoms with E-state index in [-0.39, 0.29) is 0 Å². The van der Waals surface area contributed by atoms with Gasteiger partial charge >= 0.3 is 0 Å². The quantitative estimate of drug-likeness (QED) is 0.884. The molecule has 84 valence electrons. The van der Waals surface area contributed by atoms with Crippen molar-refractivity contribution in [2.24, 2.45) is 0 Å². The van der Waals surface area contributed by atoms with Crippen LogP contribution < -0.4 is 5.32 Å². The highest BCUT2D eigenvalue weighted by Crippen LogP contribution is 2.22. The van der Waals surface area contributed by atoms with Crippen molar-refractivity contribution in [1.82, 2.24) is 15.5 Å². The third-order valence-electron chi connectivity index (χ3n) is 2.62. The van der Waals surface area contributed by atoms with Crippen LogP contribution in [0.3, 0.4) is 0 Å². The summed E-state index contributed by atoms with van der Waals surface area (Å²) in [7, 11) is 0. The monoisotopic (exact) mass is 243 g/mol. The van der Waals surface area contributed by atoms with Gasteiger partial charge in [-0.3, -0.25) is 0 Å². The molecule has 1 aromatic heterocycles. The second-order valence-corrected chi connectivity index (χ2v) is 6.37. The van der Waals surface area contributed by atoms with Gasteiger partial charge < -0.3 is 5.32 Å². The first-order valence-corrected chi connectivity index (χ1v) is 7.36. The smallest absolute Gasteiger partial charge is 0.134 e. The van der Waals surface area contributed by atoms with Crippen molar-refractivity contribution in [3.05, 3.63) is 10.0 Å². The van der Waals surface area contributed by atoms with Crippen LogP contribution in [0.15, 0.2) is 0 Å². The fourth-order valence-corrected chi connectivity index (χ4v) is 3.59. The Balaban J connectivity index is 1.88. The van der Waals surface area contributed by atoms with E-state index in [4.69, 9.17) is 0 Å². The Morgan fingerprint density at radius 1 is 1.33 bits per heavy atom. The van der Waals surface area contributed by atoms with Gasteiger partial charge in [0, 0.05) is 6.04 Å². The molecule has 0 amide bonds. The highest BCUT2D eigenvalue weighted by molar-refractivity contribution is 7.99. The standard InChI is InChI=1S/C10H17N3S2/c1-7(10-13-12-8(2)15-10)11-9-3-5-14-6-4-9/h7,9,11H,3-6H2,1-2H3. The number of aromatic nitrogens is 2. The second-order valence-electron chi connectivity index (χ2n) is 3.93. The molecule has 1 fully saturated rings. The van der Waals surface area contributed by atoms with Gasteiger partial charge in [0.15, 0.2) is 0 Å². The number of thioether (sulfide) groups is 1. The molecule has 5 heteroatoms. The van der Waals surface area contributed by atoms with Crippen molar-refractivity contribution in [3.63, 3.8) is 0 Å². The van der Waals surface area contributed by atoms with Crippen LogP contribution in [0.5, 0.6) is 0 Å². The molecule has 0 saturated carbocycles. The fraction of sp³-hybridized carbons (Fsp3) is 0.800. The molecule has 1 saturated heterocycles. The van der Waals surface area contributed by atoms with E-state index < -0.39 is 0 Å². The molecule has 1 atom stereocenters. The van der Waals surface area contributed by atoms with E-state index in [9.17, 15) is 0 Å². The molecule has 1 aromatic rings. The van der Waals surface area contributed by atoms with Crippen LogP contribution in [0.4, 0.5) is 0 Å². The summed E-state index contributed by atoms with van der Waals surface area (Å²) in [4.78, 5) is 0. The van der Waals surface area contributed by atoms with Crippen molar-refractivity contribution in [2.45, 2.75) is 38.8 Å². The summed E-state index contributed by atoms with van der Waals surface area (Å²) in [6.07, 6.45) is 2.57. The largest absolute Gasteiger partial charge is 0.305 e. The molecular formula is C10H17N3S2. The molecule has 1 N–H and O–H groups in total. The van der Waals surface area contributed by atoms with Gasteiger partial charge in [-0.05, 0) is 38.2 Å². The predicted molar refractivity (Wildman–Crippen MR) is 66.5 cm³/mol. The molecule has 2 heterocycles. The fourth-order valence-electron chi connectivity index (χ4n) is 1.78. The molecule has 0 radical (unpaired) electrons. The van der Waals surface area contributed by atoms with Crippen LogP contribution >= 0.6 is 23.1 Å². The van der Waals surface area contributed by atoms with E-state index in [0.717, 1.165) is 10.0 Å². The van der Waals surface area contributed by atoms with Crippen molar-refractivity contribution in [3.8, 4) is 0 Å². The number of nitrogens with one attached hydrogen (secondary N) is 1. The van der Waals surface area contributed by atoms with Gasteiger partial charge in [0.1, 0.15) is 10.0 Å². The minimum absolute atomic E-state index is 0.351. The Morgan fingerprint density at radius 2 is 2.07 bits per heavy atom. The molecule has 0 spiro atoms. The maximum atomic E-state index is 4.18. The first-order valence-electron chi connectivity index (χ1n) is 5.39. The summed E-state index contributed by atoms with van der Waals surface area (Å²) in [6.45, 7) is 4.19. The zero-order valence-corrected chi connectivity index (χ0v) is 10.8. The van der Waals surface area contributed by atoms with Gasteiger partial charge in [-0.1, -0.05) is 0 Å².